The second-order valence-corrected chi connectivity index (χ2v) is 6.97. The summed E-state index contributed by atoms with van der Waals surface area (Å²) in [4.78, 5) is 11.7. The van der Waals surface area contributed by atoms with Crippen molar-refractivity contribution in [2.75, 3.05) is 27.2 Å². The summed E-state index contributed by atoms with van der Waals surface area (Å²) in [6.45, 7) is 3.21. The number of methoxy groups -OCH3 is 2. The Morgan fingerprint density at radius 2 is 2.04 bits per heavy atom. The molecule has 0 aliphatic heterocycles. The van der Waals surface area contributed by atoms with Gasteiger partial charge in [-0.15, -0.1) is 0 Å². The first-order valence-electron chi connectivity index (χ1n) is 7.38. The molecule has 0 saturated heterocycles. The summed E-state index contributed by atoms with van der Waals surface area (Å²) in [5.74, 6) is -0.0318. The molecule has 0 fully saturated rings. The van der Waals surface area contributed by atoms with Gasteiger partial charge < -0.3 is 23.8 Å². The SMILES string of the molecule is CCOC(=O)[C@H](C)NP(=O)(COC)Oc1cc(CO)ccc1OC. The monoisotopic (exact) mass is 361 g/mol. The third kappa shape index (κ3) is 5.79. The van der Waals surface area contributed by atoms with Crippen molar-refractivity contribution in [2.24, 2.45) is 0 Å². The lowest BCUT2D eigenvalue weighted by atomic mass is 10.2. The van der Waals surface area contributed by atoms with E-state index in [4.69, 9.17) is 18.7 Å². The van der Waals surface area contributed by atoms with Crippen LogP contribution in [0.2, 0.25) is 0 Å². The van der Waals surface area contributed by atoms with Crippen molar-refractivity contribution in [3.63, 3.8) is 0 Å². The molecule has 0 radical (unpaired) electrons. The van der Waals surface area contributed by atoms with E-state index in [1.165, 1.54) is 27.2 Å². The molecule has 0 amide bonds. The van der Waals surface area contributed by atoms with Crippen LogP contribution in [0.5, 0.6) is 11.5 Å². The van der Waals surface area contributed by atoms with E-state index in [1.807, 2.05) is 0 Å². The molecule has 24 heavy (non-hydrogen) atoms. The van der Waals surface area contributed by atoms with E-state index < -0.39 is 19.5 Å². The fourth-order valence-corrected chi connectivity index (χ4v) is 3.60. The minimum atomic E-state index is -3.58. The van der Waals surface area contributed by atoms with Gasteiger partial charge >= 0.3 is 13.5 Å². The maximum Gasteiger partial charge on any atom is 0.342 e. The Morgan fingerprint density at radius 1 is 1.33 bits per heavy atom. The second-order valence-electron chi connectivity index (χ2n) is 4.93. The number of rotatable bonds is 10. The van der Waals surface area contributed by atoms with Gasteiger partial charge in [-0.25, -0.2) is 5.09 Å². The Kier molecular flexibility index (Phi) is 8.21. The lowest BCUT2D eigenvalue weighted by molar-refractivity contribution is -0.144. The average Bonchev–Trinajstić information content (AvgIpc) is 2.54. The molecule has 0 bridgehead atoms. The van der Waals surface area contributed by atoms with Gasteiger partial charge in [-0.05, 0) is 31.5 Å². The third-order valence-electron chi connectivity index (χ3n) is 2.99. The smallest absolute Gasteiger partial charge is 0.342 e. The van der Waals surface area contributed by atoms with Crippen LogP contribution >= 0.6 is 7.52 Å². The van der Waals surface area contributed by atoms with Crippen LogP contribution in [0.25, 0.3) is 0 Å². The quantitative estimate of drug-likeness (QED) is 0.481. The van der Waals surface area contributed by atoms with Crippen LogP contribution in [-0.4, -0.2) is 44.3 Å². The van der Waals surface area contributed by atoms with Gasteiger partial charge in [-0.1, -0.05) is 6.07 Å². The molecule has 1 aromatic rings. The number of carbonyl (C=O) groups excluding carboxylic acids is 1. The summed E-state index contributed by atoms with van der Waals surface area (Å²) in [5.41, 5.74) is 0.563. The number of esters is 1. The van der Waals surface area contributed by atoms with Crippen molar-refractivity contribution in [3.05, 3.63) is 23.8 Å². The molecule has 0 heterocycles. The zero-order chi connectivity index (χ0) is 18.2. The number of hydrogen-bond donors (Lipinski definition) is 2. The summed E-state index contributed by atoms with van der Waals surface area (Å²) in [6.07, 6.45) is -0.261. The van der Waals surface area contributed by atoms with Crippen LogP contribution in [0.1, 0.15) is 19.4 Å². The van der Waals surface area contributed by atoms with E-state index in [2.05, 4.69) is 5.09 Å². The van der Waals surface area contributed by atoms with Gasteiger partial charge in [-0.3, -0.25) is 9.36 Å². The van der Waals surface area contributed by atoms with E-state index in [1.54, 1.807) is 19.1 Å². The van der Waals surface area contributed by atoms with E-state index >= 15 is 0 Å². The molecule has 0 spiro atoms. The molecular weight excluding hydrogens is 337 g/mol. The van der Waals surface area contributed by atoms with Crippen LogP contribution in [0.4, 0.5) is 0 Å². The molecule has 2 N–H and O–H groups in total. The molecule has 8 nitrogen and oxygen atoms in total. The van der Waals surface area contributed by atoms with E-state index in [0.717, 1.165) is 0 Å². The number of aliphatic hydroxyl groups is 1. The van der Waals surface area contributed by atoms with Crippen molar-refractivity contribution in [1.29, 1.82) is 0 Å². The van der Waals surface area contributed by atoms with Gasteiger partial charge in [0.05, 0.1) is 20.3 Å². The third-order valence-corrected chi connectivity index (χ3v) is 4.86. The predicted molar refractivity (Wildman–Crippen MR) is 88.3 cm³/mol. The molecule has 9 heteroatoms. The predicted octanol–water partition coefficient (Wildman–Crippen LogP) is 1.90. The molecule has 0 aliphatic rings. The van der Waals surface area contributed by atoms with Crippen LogP contribution in [0, 0.1) is 0 Å². The molecule has 1 rings (SSSR count). The fraction of sp³-hybridized carbons (Fsp3) is 0.533. The van der Waals surface area contributed by atoms with Crippen LogP contribution < -0.4 is 14.3 Å². The summed E-state index contributed by atoms with van der Waals surface area (Å²) in [7, 11) is -0.770. The summed E-state index contributed by atoms with van der Waals surface area (Å²) >= 11 is 0. The lowest BCUT2D eigenvalue weighted by Crippen LogP contribution is -2.35. The standard InChI is InChI=1S/C15H24NO7P/c1-5-22-15(18)11(2)16-24(19,10-20-3)23-14-8-12(9-17)6-7-13(14)21-4/h6-8,11,17H,5,9-10H2,1-4H3,(H,16,19)/t11-,24?/m0/s1. The van der Waals surface area contributed by atoms with E-state index in [0.29, 0.717) is 11.3 Å². The molecule has 0 aliphatic carbocycles. The molecule has 1 unspecified atom stereocenters. The van der Waals surface area contributed by atoms with E-state index in [9.17, 15) is 14.5 Å². The Labute approximate surface area is 141 Å². The zero-order valence-electron chi connectivity index (χ0n) is 14.3. The van der Waals surface area contributed by atoms with Crippen molar-refractivity contribution in [1.82, 2.24) is 5.09 Å². The highest BCUT2D eigenvalue weighted by atomic mass is 31.2. The molecule has 2 atom stereocenters. The number of nitrogens with one attached hydrogen (secondary N) is 1. The summed E-state index contributed by atoms with van der Waals surface area (Å²) in [6, 6.07) is 3.91. The first-order chi connectivity index (χ1) is 11.4. The van der Waals surface area contributed by atoms with Crippen LogP contribution in [-0.2, 0) is 25.4 Å². The Morgan fingerprint density at radius 3 is 2.58 bits per heavy atom. The van der Waals surface area contributed by atoms with Gasteiger partial charge in [0.25, 0.3) is 0 Å². The average molecular weight is 361 g/mol. The van der Waals surface area contributed by atoms with Crippen molar-refractivity contribution >= 4 is 13.5 Å². The maximum absolute atomic E-state index is 13.0. The minimum absolute atomic E-state index is 0.174. The number of benzene rings is 1. The highest BCUT2D eigenvalue weighted by molar-refractivity contribution is 7.57. The summed E-state index contributed by atoms with van der Waals surface area (Å²) in [5, 5.41) is 11.9. The zero-order valence-corrected chi connectivity index (χ0v) is 15.2. The molecule has 1 aromatic carbocycles. The first kappa shape index (κ1) is 20.4. The maximum atomic E-state index is 13.0. The van der Waals surface area contributed by atoms with Crippen molar-refractivity contribution < 1.29 is 33.2 Å². The number of hydrogen-bond acceptors (Lipinski definition) is 7. The number of aliphatic hydroxyl groups excluding tert-OH is 1. The highest BCUT2D eigenvalue weighted by Crippen LogP contribution is 2.46. The fourth-order valence-electron chi connectivity index (χ4n) is 1.92. The highest BCUT2D eigenvalue weighted by Gasteiger charge is 2.31. The molecular formula is C15H24NO7P. The first-order valence-corrected chi connectivity index (χ1v) is 9.19. The lowest BCUT2D eigenvalue weighted by Gasteiger charge is -2.23. The van der Waals surface area contributed by atoms with Crippen molar-refractivity contribution in [3.8, 4) is 11.5 Å². The van der Waals surface area contributed by atoms with E-state index in [-0.39, 0.29) is 25.3 Å². The number of ether oxygens (including phenoxy) is 3. The Hall–Kier alpha value is -1.60. The van der Waals surface area contributed by atoms with Crippen LogP contribution in [0.3, 0.4) is 0 Å². The molecule has 0 aromatic heterocycles. The van der Waals surface area contributed by atoms with Gasteiger partial charge in [0.1, 0.15) is 12.4 Å². The Bertz CT molecular complexity index is 593. The minimum Gasteiger partial charge on any atom is -0.493 e. The molecule has 136 valence electrons. The topological polar surface area (TPSA) is 103 Å². The van der Waals surface area contributed by atoms with Crippen molar-refractivity contribution in [2.45, 2.75) is 26.5 Å². The van der Waals surface area contributed by atoms with Gasteiger partial charge in [0.15, 0.2) is 11.5 Å². The van der Waals surface area contributed by atoms with Gasteiger partial charge in [-0.2, -0.15) is 0 Å². The molecule has 0 saturated carbocycles. The number of carbonyl (C=O) groups is 1. The van der Waals surface area contributed by atoms with Crippen LogP contribution in [0.15, 0.2) is 18.2 Å². The second kappa shape index (κ2) is 9.64. The Balaban J connectivity index is 3.03. The summed E-state index contributed by atoms with van der Waals surface area (Å²) < 4.78 is 33.6. The normalized spacial score (nSPS) is 14.5. The largest absolute Gasteiger partial charge is 0.493 e. The van der Waals surface area contributed by atoms with Gasteiger partial charge in [0, 0.05) is 7.11 Å². The van der Waals surface area contributed by atoms with Gasteiger partial charge in [0.2, 0.25) is 0 Å².